The zero-order chi connectivity index (χ0) is 27.8. The quantitative estimate of drug-likeness (QED) is 0.186. The fraction of sp³-hybridized carbons (Fsp3) is 0.286. The number of hydrogen-bond donors (Lipinski definition) is 0. The molecule has 4 nitrogen and oxygen atoms in total. The molecule has 0 saturated carbocycles. The minimum Gasteiger partial charge on any atom is -0.496 e. The molecule has 0 bridgehead atoms. The van der Waals surface area contributed by atoms with E-state index in [1.54, 1.807) is 7.11 Å². The molecule has 0 N–H and O–H groups in total. The third-order valence-electron chi connectivity index (χ3n) is 7.41. The molecule has 4 heteroatoms. The molecule has 0 aromatic heterocycles. The van der Waals surface area contributed by atoms with E-state index in [4.69, 9.17) is 9.47 Å². The van der Waals surface area contributed by atoms with Gasteiger partial charge in [0.15, 0.2) is 0 Å². The van der Waals surface area contributed by atoms with Gasteiger partial charge in [-0.15, -0.1) is 0 Å². The lowest BCUT2D eigenvalue weighted by Crippen LogP contribution is -2.33. The predicted octanol–water partition coefficient (Wildman–Crippen LogP) is 8.24. The van der Waals surface area contributed by atoms with Crippen molar-refractivity contribution in [3.8, 4) is 16.9 Å². The van der Waals surface area contributed by atoms with Gasteiger partial charge < -0.3 is 9.47 Å². The Morgan fingerprint density at radius 1 is 0.821 bits per heavy atom. The van der Waals surface area contributed by atoms with Crippen molar-refractivity contribution in [2.45, 2.75) is 52.7 Å². The zero-order valence-electron chi connectivity index (χ0n) is 23.7. The summed E-state index contributed by atoms with van der Waals surface area (Å²) in [4.78, 5) is 15.5. The highest BCUT2D eigenvalue weighted by atomic mass is 16.5. The number of aryl methyl sites for hydroxylation is 2. The molecule has 0 saturated heterocycles. The Morgan fingerprint density at radius 3 is 2.08 bits per heavy atom. The van der Waals surface area contributed by atoms with Gasteiger partial charge in [-0.05, 0) is 73.2 Å². The highest BCUT2D eigenvalue weighted by Crippen LogP contribution is 2.40. The van der Waals surface area contributed by atoms with Crippen LogP contribution in [0.5, 0.6) is 5.75 Å². The summed E-state index contributed by atoms with van der Waals surface area (Å²) < 4.78 is 11.3. The van der Waals surface area contributed by atoms with Crippen LogP contribution in [0.25, 0.3) is 11.1 Å². The molecule has 0 radical (unpaired) electrons. The summed E-state index contributed by atoms with van der Waals surface area (Å²) in [5.41, 5.74) is 8.02. The number of nitrogens with zero attached hydrogens (tertiary/aromatic N) is 1. The Bertz CT molecular complexity index is 1350. The maximum atomic E-state index is 13.1. The largest absolute Gasteiger partial charge is 0.496 e. The van der Waals surface area contributed by atoms with E-state index in [1.165, 1.54) is 22.3 Å². The molecule has 4 aromatic carbocycles. The second-order valence-electron chi connectivity index (χ2n) is 10.00. The van der Waals surface area contributed by atoms with Gasteiger partial charge in [-0.2, -0.15) is 0 Å². The second-order valence-corrected chi connectivity index (χ2v) is 10.00. The van der Waals surface area contributed by atoms with Crippen LogP contribution in [0.4, 0.5) is 0 Å². The molecule has 202 valence electrons. The molecule has 2 atom stereocenters. The van der Waals surface area contributed by atoms with Crippen LogP contribution in [-0.4, -0.2) is 24.6 Å². The van der Waals surface area contributed by atoms with Gasteiger partial charge in [0, 0.05) is 24.2 Å². The minimum absolute atomic E-state index is 0.0524. The average Bonchev–Trinajstić information content (AvgIpc) is 2.95. The number of rotatable bonds is 11. The summed E-state index contributed by atoms with van der Waals surface area (Å²) in [6, 6.07) is 33.4. The predicted molar refractivity (Wildman–Crippen MR) is 159 cm³/mol. The normalized spacial score (nSPS) is 12.7. The zero-order valence-corrected chi connectivity index (χ0v) is 23.7. The van der Waals surface area contributed by atoms with E-state index < -0.39 is 0 Å². The van der Waals surface area contributed by atoms with Crippen molar-refractivity contribution in [1.29, 1.82) is 0 Å². The molecule has 0 heterocycles. The smallest absolute Gasteiger partial charge is 0.307 e. The van der Waals surface area contributed by atoms with Gasteiger partial charge >= 0.3 is 5.97 Å². The van der Waals surface area contributed by atoms with Gasteiger partial charge in [-0.1, -0.05) is 84.9 Å². The lowest BCUT2D eigenvalue weighted by atomic mass is 9.90. The Hall–Kier alpha value is -3.89. The molecule has 0 aliphatic carbocycles. The minimum atomic E-state index is -0.214. The third kappa shape index (κ3) is 6.76. The van der Waals surface area contributed by atoms with Crippen LogP contribution in [-0.2, 0) is 16.1 Å². The third-order valence-corrected chi connectivity index (χ3v) is 7.41. The fourth-order valence-corrected chi connectivity index (χ4v) is 5.41. The van der Waals surface area contributed by atoms with Crippen LogP contribution < -0.4 is 4.74 Å². The SMILES string of the molecule is CCOC(=O)C[C@@H](c1ccc(OC)c(-c2c(C)cccc2C)c1)N(Cc1ccccc1)[C@H](C)c1ccccc1. The monoisotopic (exact) mass is 521 g/mol. The van der Waals surface area contributed by atoms with Crippen LogP contribution in [0.1, 0.15) is 60.2 Å². The number of hydrogen-bond acceptors (Lipinski definition) is 4. The highest BCUT2D eigenvalue weighted by Gasteiger charge is 2.30. The topological polar surface area (TPSA) is 38.8 Å². The average molecular weight is 522 g/mol. The first-order valence-electron chi connectivity index (χ1n) is 13.7. The molecule has 39 heavy (non-hydrogen) atoms. The van der Waals surface area contributed by atoms with Crippen LogP contribution in [0.15, 0.2) is 97.1 Å². The van der Waals surface area contributed by atoms with E-state index >= 15 is 0 Å². The molecule has 0 fully saturated rings. The highest BCUT2D eigenvalue weighted by molar-refractivity contribution is 5.77. The van der Waals surface area contributed by atoms with Crippen molar-refractivity contribution in [2.75, 3.05) is 13.7 Å². The van der Waals surface area contributed by atoms with Crippen molar-refractivity contribution in [2.24, 2.45) is 0 Å². The molecule has 0 amide bonds. The summed E-state index contributed by atoms with van der Waals surface area (Å²) in [7, 11) is 1.71. The second kappa shape index (κ2) is 13.3. The maximum Gasteiger partial charge on any atom is 0.307 e. The number of ether oxygens (including phenoxy) is 2. The van der Waals surface area contributed by atoms with Crippen molar-refractivity contribution in [3.63, 3.8) is 0 Å². The number of esters is 1. The molecule has 4 aromatic rings. The van der Waals surface area contributed by atoms with Crippen LogP contribution in [0.3, 0.4) is 0 Å². The van der Waals surface area contributed by atoms with E-state index in [0.717, 1.165) is 22.4 Å². The first-order valence-corrected chi connectivity index (χ1v) is 13.7. The van der Waals surface area contributed by atoms with E-state index in [-0.39, 0.29) is 24.5 Å². The Balaban J connectivity index is 1.88. The lowest BCUT2D eigenvalue weighted by molar-refractivity contribution is -0.145. The van der Waals surface area contributed by atoms with Gasteiger partial charge in [0.05, 0.1) is 20.1 Å². The number of carbonyl (C=O) groups excluding carboxylic acids is 1. The van der Waals surface area contributed by atoms with E-state index in [1.807, 2.05) is 25.1 Å². The molecule has 0 spiro atoms. The van der Waals surface area contributed by atoms with Gasteiger partial charge in [0.1, 0.15) is 5.75 Å². The summed E-state index contributed by atoms with van der Waals surface area (Å²) >= 11 is 0. The number of benzene rings is 4. The van der Waals surface area contributed by atoms with Crippen LogP contribution in [0, 0.1) is 13.8 Å². The summed E-state index contributed by atoms with van der Waals surface area (Å²) in [6.45, 7) is 9.37. The van der Waals surface area contributed by atoms with Crippen molar-refractivity contribution >= 4 is 5.97 Å². The number of methoxy groups -OCH3 is 1. The Kier molecular flexibility index (Phi) is 9.56. The summed E-state index contributed by atoms with van der Waals surface area (Å²) in [5, 5.41) is 0. The first kappa shape index (κ1) is 28.1. The lowest BCUT2D eigenvalue weighted by Gasteiger charge is -2.37. The van der Waals surface area contributed by atoms with Crippen molar-refractivity contribution in [1.82, 2.24) is 4.90 Å². The summed E-state index contributed by atoms with van der Waals surface area (Å²) in [6.07, 6.45) is 0.246. The maximum absolute atomic E-state index is 13.1. The summed E-state index contributed by atoms with van der Waals surface area (Å²) in [5.74, 6) is 0.613. The molecular weight excluding hydrogens is 482 g/mol. The molecule has 4 rings (SSSR count). The fourth-order valence-electron chi connectivity index (χ4n) is 5.41. The molecule has 0 unspecified atom stereocenters. The van der Waals surface area contributed by atoms with Crippen LogP contribution >= 0.6 is 0 Å². The van der Waals surface area contributed by atoms with Gasteiger partial charge in [-0.3, -0.25) is 9.69 Å². The van der Waals surface area contributed by atoms with E-state index in [0.29, 0.717) is 13.2 Å². The van der Waals surface area contributed by atoms with Crippen molar-refractivity contribution < 1.29 is 14.3 Å². The van der Waals surface area contributed by atoms with Gasteiger partial charge in [0.2, 0.25) is 0 Å². The van der Waals surface area contributed by atoms with E-state index in [9.17, 15) is 4.79 Å². The van der Waals surface area contributed by atoms with Gasteiger partial charge in [-0.25, -0.2) is 0 Å². The number of carbonyl (C=O) groups is 1. The van der Waals surface area contributed by atoms with Crippen molar-refractivity contribution in [3.05, 3.63) is 125 Å². The van der Waals surface area contributed by atoms with E-state index in [2.05, 4.69) is 105 Å². The molecule has 0 aliphatic rings. The molecular formula is C35H39NO3. The van der Waals surface area contributed by atoms with Crippen LogP contribution in [0.2, 0.25) is 0 Å². The Morgan fingerprint density at radius 2 is 1.46 bits per heavy atom. The Labute approximate surface area is 233 Å². The molecule has 0 aliphatic heterocycles. The standard InChI is InChI=1S/C35H39NO3/c1-6-39-34(37)23-32(30-20-21-33(38-5)31(22-30)35-25(2)14-13-15-26(35)3)36(24-28-16-9-7-10-17-28)27(4)29-18-11-8-12-19-29/h7-22,27,32H,6,23-24H2,1-5H3/t27-,32+/m1/s1. The van der Waals surface area contributed by atoms with Gasteiger partial charge in [0.25, 0.3) is 0 Å². The first-order chi connectivity index (χ1) is 18.9.